The molecular formula is C15H22N2O2. The summed E-state index contributed by atoms with van der Waals surface area (Å²) in [5, 5.41) is 3.47. The number of likely N-dealkylation sites (N-methyl/N-ethyl adjacent to an activating group) is 1. The molecule has 0 spiro atoms. The lowest BCUT2D eigenvalue weighted by atomic mass is 10.0. The van der Waals surface area contributed by atoms with E-state index in [2.05, 4.69) is 31.3 Å². The number of benzene rings is 1. The lowest BCUT2D eigenvalue weighted by molar-refractivity contribution is -0.143. The minimum absolute atomic E-state index is 0.0859. The van der Waals surface area contributed by atoms with Crippen LogP contribution in [0.25, 0.3) is 0 Å². The molecule has 0 radical (unpaired) electrons. The SMILES string of the molecule is CCNC(CN1CCOCC1=O)c1ccccc1C. The van der Waals surface area contributed by atoms with Gasteiger partial charge in [-0.1, -0.05) is 31.2 Å². The van der Waals surface area contributed by atoms with Gasteiger partial charge in [0.2, 0.25) is 5.91 Å². The fraction of sp³-hybridized carbons (Fsp3) is 0.533. The van der Waals surface area contributed by atoms with E-state index < -0.39 is 0 Å². The monoisotopic (exact) mass is 262 g/mol. The van der Waals surface area contributed by atoms with Crippen LogP contribution in [-0.4, -0.2) is 43.7 Å². The molecule has 0 aromatic heterocycles. The van der Waals surface area contributed by atoms with E-state index in [-0.39, 0.29) is 18.6 Å². The van der Waals surface area contributed by atoms with Crippen LogP contribution in [0.2, 0.25) is 0 Å². The fourth-order valence-electron chi connectivity index (χ4n) is 2.46. The van der Waals surface area contributed by atoms with Crippen LogP contribution in [0, 0.1) is 6.92 Å². The number of nitrogens with zero attached hydrogens (tertiary/aromatic N) is 1. The number of nitrogens with one attached hydrogen (secondary N) is 1. The molecular weight excluding hydrogens is 240 g/mol. The molecule has 1 aliphatic rings. The van der Waals surface area contributed by atoms with E-state index in [9.17, 15) is 4.79 Å². The average molecular weight is 262 g/mol. The van der Waals surface area contributed by atoms with Gasteiger partial charge >= 0.3 is 0 Å². The molecule has 1 aromatic rings. The van der Waals surface area contributed by atoms with Crippen LogP contribution in [0.1, 0.15) is 24.1 Å². The predicted octanol–water partition coefficient (Wildman–Crippen LogP) is 1.50. The molecule has 1 amide bonds. The van der Waals surface area contributed by atoms with Crippen molar-refractivity contribution in [2.24, 2.45) is 0 Å². The maximum absolute atomic E-state index is 11.8. The standard InChI is InChI=1S/C15H22N2O2/c1-3-16-14(13-7-5-4-6-12(13)2)10-17-8-9-19-11-15(17)18/h4-7,14,16H,3,8-11H2,1-2H3. The Morgan fingerprint density at radius 3 is 2.89 bits per heavy atom. The van der Waals surface area contributed by atoms with Crippen molar-refractivity contribution < 1.29 is 9.53 Å². The van der Waals surface area contributed by atoms with E-state index in [4.69, 9.17) is 4.74 Å². The predicted molar refractivity (Wildman–Crippen MR) is 75.0 cm³/mol. The molecule has 0 aliphatic carbocycles. The molecule has 1 unspecified atom stereocenters. The lowest BCUT2D eigenvalue weighted by Gasteiger charge is -2.31. The zero-order valence-corrected chi connectivity index (χ0v) is 11.7. The molecule has 1 atom stereocenters. The van der Waals surface area contributed by atoms with Gasteiger partial charge in [-0.3, -0.25) is 4.79 Å². The summed E-state index contributed by atoms with van der Waals surface area (Å²) in [6, 6.07) is 8.53. The molecule has 0 bridgehead atoms. The van der Waals surface area contributed by atoms with Crippen molar-refractivity contribution in [2.75, 3.05) is 32.8 Å². The normalized spacial score (nSPS) is 17.6. The highest BCUT2D eigenvalue weighted by Gasteiger charge is 2.23. The average Bonchev–Trinajstić information content (AvgIpc) is 2.41. The van der Waals surface area contributed by atoms with Crippen LogP contribution in [0.4, 0.5) is 0 Å². The first-order valence-corrected chi connectivity index (χ1v) is 6.86. The molecule has 19 heavy (non-hydrogen) atoms. The second-order valence-electron chi connectivity index (χ2n) is 4.86. The minimum Gasteiger partial charge on any atom is -0.370 e. The number of ether oxygens (including phenoxy) is 1. The molecule has 4 nitrogen and oxygen atoms in total. The Bertz CT molecular complexity index is 434. The summed E-state index contributed by atoms with van der Waals surface area (Å²) >= 11 is 0. The highest BCUT2D eigenvalue weighted by Crippen LogP contribution is 2.19. The minimum atomic E-state index is 0.0859. The topological polar surface area (TPSA) is 41.6 Å². The number of rotatable bonds is 5. The number of carbonyl (C=O) groups is 1. The van der Waals surface area contributed by atoms with Gasteiger partial charge in [0.15, 0.2) is 0 Å². The van der Waals surface area contributed by atoms with Gasteiger partial charge in [0.05, 0.1) is 12.6 Å². The molecule has 1 heterocycles. The van der Waals surface area contributed by atoms with Gasteiger partial charge in [-0.25, -0.2) is 0 Å². The third-order valence-electron chi connectivity index (χ3n) is 3.50. The van der Waals surface area contributed by atoms with Crippen LogP contribution >= 0.6 is 0 Å². The summed E-state index contributed by atoms with van der Waals surface area (Å²) < 4.78 is 5.17. The fourth-order valence-corrected chi connectivity index (χ4v) is 2.46. The van der Waals surface area contributed by atoms with E-state index in [1.807, 2.05) is 17.0 Å². The van der Waals surface area contributed by atoms with E-state index in [0.29, 0.717) is 19.7 Å². The van der Waals surface area contributed by atoms with Crippen LogP contribution in [0.5, 0.6) is 0 Å². The molecule has 1 aliphatic heterocycles. The van der Waals surface area contributed by atoms with Gasteiger partial charge in [-0.2, -0.15) is 0 Å². The summed E-state index contributed by atoms with van der Waals surface area (Å²) in [4.78, 5) is 13.7. The van der Waals surface area contributed by atoms with Crippen molar-refractivity contribution in [3.8, 4) is 0 Å². The van der Waals surface area contributed by atoms with Crippen LogP contribution < -0.4 is 5.32 Å². The summed E-state index contributed by atoms with van der Waals surface area (Å²) in [7, 11) is 0. The Balaban J connectivity index is 2.11. The second-order valence-corrected chi connectivity index (χ2v) is 4.86. The number of hydrogen-bond acceptors (Lipinski definition) is 3. The van der Waals surface area contributed by atoms with Gasteiger partial charge in [0.1, 0.15) is 6.61 Å². The first-order valence-electron chi connectivity index (χ1n) is 6.86. The largest absolute Gasteiger partial charge is 0.370 e. The van der Waals surface area contributed by atoms with Gasteiger partial charge in [0, 0.05) is 13.1 Å². The third kappa shape index (κ3) is 3.55. The lowest BCUT2D eigenvalue weighted by Crippen LogP contribution is -2.45. The van der Waals surface area contributed by atoms with Crippen molar-refractivity contribution in [2.45, 2.75) is 19.9 Å². The zero-order chi connectivity index (χ0) is 13.7. The maximum atomic E-state index is 11.8. The highest BCUT2D eigenvalue weighted by atomic mass is 16.5. The van der Waals surface area contributed by atoms with Crippen molar-refractivity contribution >= 4 is 5.91 Å². The van der Waals surface area contributed by atoms with Gasteiger partial charge in [-0.15, -0.1) is 0 Å². The summed E-state index contributed by atoms with van der Waals surface area (Å²) in [6.07, 6.45) is 0. The molecule has 1 saturated heterocycles. The number of morpholine rings is 1. The van der Waals surface area contributed by atoms with Gasteiger partial charge in [0.25, 0.3) is 0 Å². The zero-order valence-electron chi connectivity index (χ0n) is 11.7. The van der Waals surface area contributed by atoms with Crippen molar-refractivity contribution in [1.29, 1.82) is 0 Å². The van der Waals surface area contributed by atoms with E-state index in [1.165, 1.54) is 11.1 Å². The molecule has 2 rings (SSSR count). The molecule has 4 heteroatoms. The van der Waals surface area contributed by atoms with Crippen LogP contribution in [0.15, 0.2) is 24.3 Å². The summed E-state index contributed by atoms with van der Waals surface area (Å²) in [6.45, 7) is 7.34. The second kappa shape index (κ2) is 6.68. The Morgan fingerprint density at radius 2 is 2.21 bits per heavy atom. The maximum Gasteiger partial charge on any atom is 0.248 e. The molecule has 1 aromatic carbocycles. The smallest absolute Gasteiger partial charge is 0.248 e. The third-order valence-corrected chi connectivity index (χ3v) is 3.50. The van der Waals surface area contributed by atoms with E-state index >= 15 is 0 Å². The molecule has 1 N–H and O–H groups in total. The van der Waals surface area contributed by atoms with Crippen molar-refractivity contribution in [3.63, 3.8) is 0 Å². The van der Waals surface area contributed by atoms with E-state index in [1.54, 1.807) is 0 Å². The van der Waals surface area contributed by atoms with Crippen LogP contribution in [0.3, 0.4) is 0 Å². The van der Waals surface area contributed by atoms with Crippen molar-refractivity contribution in [3.05, 3.63) is 35.4 Å². The van der Waals surface area contributed by atoms with Crippen molar-refractivity contribution in [1.82, 2.24) is 10.2 Å². The molecule has 1 fully saturated rings. The number of amides is 1. The molecule has 0 saturated carbocycles. The Morgan fingerprint density at radius 1 is 1.42 bits per heavy atom. The number of aryl methyl sites for hydroxylation is 1. The Kier molecular flexibility index (Phi) is 4.93. The van der Waals surface area contributed by atoms with E-state index in [0.717, 1.165) is 6.54 Å². The first-order chi connectivity index (χ1) is 9.22. The first kappa shape index (κ1) is 14.0. The summed E-state index contributed by atoms with van der Waals surface area (Å²) in [5.41, 5.74) is 2.53. The Hall–Kier alpha value is -1.39. The quantitative estimate of drug-likeness (QED) is 0.874. The Labute approximate surface area is 114 Å². The number of hydrogen-bond donors (Lipinski definition) is 1. The van der Waals surface area contributed by atoms with Gasteiger partial charge < -0.3 is 15.0 Å². The number of carbonyl (C=O) groups excluding carboxylic acids is 1. The van der Waals surface area contributed by atoms with Crippen LogP contribution in [-0.2, 0) is 9.53 Å². The molecule has 104 valence electrons. The summed E-state index contributed by atoms with van der Waals surface area (Å²) in [5.74, 6) is 0.0859. The van der Waals surface area contributed by atoms with Gasteiger partial charge in [-0.05, 0) is 24.6 Å². The highest BCUT2D eigenvalue weighted by molar-refractivity contribution is 5.78.